The van der Waals surface area contributed by atoms with Crippen LogP contribution >= 0.6 is 0 Å². The van der Waals surface area contributed by atoms with Gasteiger partial charge in [0.25, 0.3) is 5.91 Å². The standard InChI is InChI=1S/C22H15FN2O4/c1-29-18-8-4-6-16(23)19(18)21(26)25-17-7-3-2-5-15(17)20(24-25)13-9-11-14(12-10-13)22(27)28/h2-12H,1H3,(H,27,28). The molecule has 0 saturated carbocycles. The second-order valence-electron chi connectivity index (χ2n) is 6.28. The lowest BCUT2D eigenvalue weighted by atomic mass is 10.1. The maximum atomic E-state index is 14.4. The Labute approximate surface area is 164 Å². The van der Waals surface area contributed by atoms with Crippen molar-refractivity contribution < 1.29 is 23.8 Å². The van der Waals surface area contributed by atoms with Crippen LogP contribution in [0.4, 0.5) is 4.39 Å². The summed E-state index contributed by atoms with van der Waals surface area (Å²) >= 11 is 0. The van der Waals surface area contributed by atoms with Crippen LogP contribution < -0.4 is 4.74 Å². The average molecular weight is 390 g/mol. The van der Waals surface area contributed by atoms with E-state index in [-0.39, 0.29) is 16.9 Å². The van der Waals surface area contributed by atoms with Crippen LogP contribution in [0.15, 0.2) is 66.7 Å². The second-order valence-corrected chi connectivity index (χ2v) is 6.28. The molecule has 3 aromatic carbocycles. The van der Waals surface area contributed by atoms with Gasteiger partial charge in [0.15, 0.2) is 0 Å². The first-order valence-corrected chi connectivity index (χ1v) is 8.70. The van der Waals surface area contributed by atoms with Crippen LogP contribution in [0.25, 0.3) is 22.2 Å². The van der Waals surface area contributed by atoms with Crippen molar-refractivity contribution in [1.29, 1.82) is 0 Å². The van der Waals surface area contributed by atoms with Crippen molar-refractivity contribution >= 4 is 22.8 Å². The smallest absolute Gasteiger partial charge is 0.335 e. The van der Waals surface area contributed by atoms with Gasteiger partial charge in [-0.15, -0.1) is 0 Å². The summed E-state index contributed by atoms with van der Waals surface area (Å²) in [4.78, 5) is 24.2. The Morgan fingerprint density at radius 2 is 1.72 bits per heavy atom. The van der Waals surface area contributed by atoms with Gasteiger partial charge in [-0.05, 0) is 30.3 Å². The van der Waals surface area contributed by atoms with E-state index >= 15 is 0 Å². The fraction of sp³-hybridized carbons (Fsp3) is 0.0455. The molecule has 0 amide bonds. The Bertz CT molecular complexity index is 1250. The summed E-state index contributed by atoms with van der Waals surface area (Å²) in [5, 5.41) is 14.2. The molecule has 0 aliphatic heterocycles. The van der Waals surface area contributed by atoms with Crippen molar-refractivity contribution in [2.45, 2.75) is 0 Å². The van der Waals surface area contributed by atoms with Gasteiger partial charge < -0.3 is 9.84 Å². The molecule has 4 aromatic rings. The van der Waals surface area contributed by atoms with E-state index in [0.717, 1.165) is 4.68 Å². The van der Waals surface area contributed by atoms with Crippen molar-refractivity contribution in [1.82, 2.24) is 9.78 Å². The minimum atomic E-state index is -1.03. The molecule has 0 aliphatic rings. The molecule has 0 saturated heterocycles. The quantitative estimate of drug-likeness (QED) is 0.564. The highest BCUT2D eigenvalue weighted by atomic mass is 19.1. The second kappa shape index (κ2) is 7.20. The van der Waals surface area contributed by atoms with Crippen LogP contribution in [-0.2, 0) is 0 Å². The van der Waals surface area contributed by atoms with Crippen LogP contribution in [0.1, 0.15) is 20.7 Å². The highest BCUT2D eigenvalue weighted by Gasteiger charge is 2.23. The summed E-state index contributed by atoms with van der Waals surface area (Å²) in [5.74, 6) is -2.29. The highest BCUT2D eigenvalue weighted by molar-refractivity contribution is 6.06. The molecule has 1 N–H and O–H groups in total. The van der Waals surface area contributed by atoms with Gasteiger partial charge in [-0.25, -0.2) is 9.18 Å². The number of nitrogens with zero attached hydrogens (tertiary/aromatic N) is 2. The first-order valence-electron chi connectivity index (χ1n) is 8.70. The number of aromatic nitrogens is 2. The zero-order chi connectivity index (χ0) is 20.5. The number of hydrogen-bond acceptors (Lipinski definition) is 4. The highest BCUT2D eigenvalue weighted by Crippen LogP contribution is 2.30. The fourth-order valence-electron chi connectivity index (χ4n) is 3.19. The van der Waals surface area contributed by atoms with Gasteiger partial charge in [-0.3, -0.25) is 4.79 Å². The van der Waals surface area contributed by atoms with Crippen LogP contribution in [0.3, 0.4) is 0 Å². The topological polar surface area (TPSA) is 81.4 Å². The van der Waals surface area contributed by atoms with Gasteiger partial charge in [0.05, 0.1) is 18.2 Å². The maximum Gasteiger partial charge on any atom is 0.335 e. The van der Waals surface area contributed by atoms with E-state index in [0.29, 0.717) is 22.2 Å². The van der Waals surface area contributed by atoms with Gasteiger partial charge in [0, 0.05) is 10.9 Å². The number of fused-ring (bicyclic) bond motifs is 1. The molecular weight excluding hydrogens is 375 g/mol. The molecule has 4 rings (SSSR count). The van der Waals surface area contributed by atoms with Crippen LogP contribution in [0.2, 0.25) is 0 Å². The van der Waals surface area contributed by atoms with Gasteiger partial charge >= 0.3 is 5.97 Å². The van der Waals surface area contributed by atoms with Crippen molar-refractivity contribution in [2.24, 2.45) is 0 Å². The van der Waals surface area contributed by atoms with Gasteiger partial charge in [0.2, 0.25) is 0 Å². The molecule has 0 spiro atoms. The van der Waals surface area contributed by atoms with E-state index in [1.807, 2.05) is 0 Å². The first-order chi connectivity index (χ1) is 14.0. The predicted octanol–water partition coefficient (Wildman–Crippen LogP) is 4.24. The minimum absolute atomic E-state index is 0.113. The van der Waals surface area contributed by atoms with E-state index in [9.17, 15) is 14.0 Å². The molecule has 0 bridgehead atoms. The Kier molecular flexibility index (Phi) is 4.56. The molecular formula is C22H15FN2O4. The molecule has 0 radical (unpaired) electrons. The normalized spacial score (nSPS) is 10.8. The van der Waals surface area contributed by atoms with E-state index in [1.165, 1.54) is 37.4 Å². The third-order valence-electron chi connectivity index (χ3n) is 4.59. The molecule has 0 aliphatic carbocycles. The lowest BCUT2D eigenvalue weighted by molar-refractivity contribution is 0.0696. The minimum Gasteiger partial charge on any atom is -0.496 e. The third kappa shape index (κ3) is 3.12. The number of hydrogen-bond donors (Lipinski definition) is 1. The van der Waals surface area contributed by atoms with Crippen molar-refractivity contribution in [3.8, 4) is 17.0 Å². The van der Waals surface area contributed by atoms with E-state index in [2.05, 4.69) is 5.10 Å². The van der Waals surface area contributed by atoms with Crippen molar-refractivity contribution in [3.63, 3.8) is 0 Å². The molecule has 0 atom stereocenters. The van der Waals surface area contributed by atoms with E-state index < -0.39 is 17.7 Å². The molecule has 1 heterocycles. The number of carbonyl (C=O) groups is 2. The number of halogens is 1. The Balaban J connectivity index is 1.90. The summed E-state index contributed by atoms with van der Waals surface area (Å²) in [7, 11) is 1.36. The number of aromatic carboxylic acids is 1. The van der Waals surface area contributed by atoms with E-state index in [1.54, 1.807) is 36.4 Å². The number of ether oxygens (including phenoxy) is 1. The fourth-order valence-corrected chi connectivity index (χ4v) is 3.19. The van der Waals surface area contributed by atoms with Crippen molar-refractivity contribution in [2.75, 3.05) is 7.11 Å². The lowest BCUT2D eigenvalue weighted by Gasteiger charge is -2.09. The molecule has 0 fully saturated rings. The number of carboxylic acid groups (broad SMARTS) is 1. The summed E-state index contributed by atoms with van der Waals surface area (Å²) in [6, 6.07) is 17.4. The van der Waals surface area contributed by atoms with Crippen LogP contribution in [-0.4, -0.2) is 33.9 Å². The zero-order valence-electron chi connectivity index (χ0n) is 15.3. The van der Waals surface area contributed by atoms with Crippen LogP contribution in [0.5, 0.6) is 5.75 Å². The summed E-state index contributed by atoms with van der Waals surface area (Å²) in [6.45, 7) is 0. The lowest BCUT2D eigenvalue weighted by Crippen LogP contribution is -2.16. The summed E-state index contributed by atoms with van der Waals surface area (Å²) < 4.78 is 20.7. The average Bonchev–Trinajstić information content (AvgIpc) is 3.13. The molecule has 1 aromatic heterocycles. The number of benzene rings is 3. The molecule has 7 heteroatoms. The van der Waals surface area contributed by atoms with Gasteiger partial charge in [-0.1, -0.05) is 36.4 Å². The van der Waals surface area contributed by atoms with Gasteiger partial charge in [-0.2, -0.15) is 9.78 Å². The maximum absolute atomic E-state index is 14.4. The molecule has 144 valence electrons. The Morgan fingerprint density at radius 3 is 2.41 bits per heavy atom. The number of carbonyl (C=O) groups excluding carboxylic acids is 1. The zero-order valence-corrected chi connectivity index (χ0v) is 15.3. The summed E-state index contributed by atoms with van der Waals surface area (Å²) in [6.07, 6.45) is 0. The number of carboxylic acids is 1. The molecule has 6 nitrogen and oxygen atoms in total. The largest absolute Gasteiger partial charge is 0.496 e. The van der Waals surface area contributed by atoms with Gasteiger partial charge in [0.1, 0.15) is 22.8 Å². The van der Waals surface area contributed by atoms with Crippen molar-refractivity contribution in [3.05, 3.63) is 83.7 Å². The number of para-hydroxylation sites is 1. The summed E-state index contributed by atoms with van der Waals surface area (Å²) in [5.41, 5.74) is 1.56. The Morgan fingerprint density at radius 1 is 1.00 bits per heavy atom. The first kappa shape index (κ1) is 18.4. The predicted molar refractivity (Wildman–Crippen MR) is 105 cm³/mol. The van der Waals surface area contributed by atoms with Crippen LogP contribution in [0, 0.1) is 5.82 Å². The monoisotopic (exact) mass is 390 g/mol. The SMILES string of the molecule is COc1cccc(F)c1C(=O)n1nc(-c2ccc(C(=O)O)cc2)c2ccccc21. The van der Waals surface area contributed by atoms with E-state index in [4.69, 9.17) is 9.84 Å². The molecule has 0 unspecified atom stereocenters. The Hall–Kier alpha value is -4.00. The number of rotatable bonds is 4. The third-order valence-corrected chi connectivity index (χ3v) is 4.59. The molecule has 29 heavy (non-hydrogen) atoms. The number of methoxy groups -OCH3 is 1.